The van der Waals surface area contributed by atoms with Gasteiger partial charge in [0.25, 0.3) is 0 Å². The highest BCUT2D eigenvalue weighted by molar-refractivity contribution is 7.31. The van der Waals surface area contributed by atoms with Crippen molar-refractivity contribution in [1.82, 2.24) is 40.4 Å². The molecule has 4 aromatic heterocycles. The number of rotatable bonds is 13. The van der Waals surface area contributed by atoms with Crippen molar-refractivity contribution >= 4 is 56.1 Å². The number of amides is 4. The highest BCUT2D eigenvalue weighted by atomic mass is 32.1. The van der Waals surface area contributed by atoms with Crippen LogP contribution >= 0.6 is 22.7 Å². The predicted octanol–water partition coefficient (Wildman–Crippen LogP) is 6.47. The molecule has 5 rings (SSSR count). The summed E-state index contributed by atoms with van der Waals surface area (Å²) in [7, 11) is 2.57. The molecule has 0 spiro atoms. The van der Waals surface area contributed by atoms with Crippen LogP contribution in [0.15, 0.2) is 24.5 Å². The average Bonchev–Trinajstić information content (AvgIpc) is 3.94. The van der Waals surface area contributed by atoms with Crippen LogP contribution in [-0.4, -0.2) is 93.1 Å². The van der Waals surface area contributed by atoms with Gasteiger partial charge >= 0.3 is 12.2 Å². The number of hydrogen-bond acceptors (Lipinski definition) is 10. The van der Waals surface area contributed by atoms with E-state index in [-0.39, 0.29) is 35.7 Å². The zero-order valence-corrected chi connectivity index (χ0v) is 32.0. The van der Waals surface area contributed by atoms with E-state index in [1.807, 2.05) is 47.7 Å². The van der Waals surface area contributed by atoms with Gasteiger partial charge in [-0.05, 0) is 50.2 Å². The Morgan fingerprint density at radius 1 is 0.902 bits per heavy atom. The van der Waals surface area contributed by atoms with Crippen LogP contribution < -0.4 is 10.6 Å². The molecule has 14 nitrogen and oxygen atoms in total. The standard InChI is InChI=1S/C35H48N8O6S2/c1-9-12-42(32(44)28(18(2)3)40-34(46)48-7)20(6)30-36-16-21(38-30)24-14-26-27(50-24)15-25(51-26)22-17-37-31(39-22)23-11-10-13-43(23)33(45)29(19(4)5)41-35(47)49-8/h14-20,23,28-29H,9-13H2,1-8H3,(H,36,38)(H,37,39)(H,40,46)(H,41,47)/t20-,23-,28-,29-/m0/s1. The summed E-state index contributed by atoms with van der Waals surface area (Å²) in [4.78, 5) is 73.0. The fourth-order valence-electron chi connectivity index (χ4n) is 6.36. The molecule has 51 heavy (non-hydrogen) atoms. The Hall–Kier alpha value is -4.44. The van der Waals surface area contributed by atoms with E-state index in [2.05, 4.69) is 42.7 Å². The predicted molar refractivity (Wildman–Crippen MR) is 197 cm³/mol. The van der Waals surface area contributed by atoms with Gasteiger partial charge in [-0.3, -0.25) is 9.59 Å². The zero-order chi connectivity index (χ0) is 37.0. The molecular weight excluding hydrogens is 693 g/mol. The molecule has 0 unspecified atom stereocenters. The maximum Gasteiger partial charge on any atom is 0.407 e. The lowest BCUT2D eigenvalue weighted by Crippen LogP contribution is -2.52. The van der Waals surface area contributed by atoms with Crippen LogP contribution in [0, 0.1) is 11.8 Å². The Kier molecular flexibility index (Phi) is 12.1. The molecule has 1 aliphatic heterocycles. The normalized spacial score (nSPS) is 16.4. The number of H-pyrrole nitrogens is 2. The first kappa shape index (κ1) is 37.8. The Balaban J connectivity index is 1.30. The molecule has 0 radical (unpaired) electrons. The van der Waals surface area contributed by atoms with E-state index in [0.29, 0.717) is 18.9 Å². The third kappa shape index (κ3) is 8.22. The number of methoxy groups -OCH3 is 2. The van der Waals surface area contributed by atoms with Crippen molar-refractivity contribution < 1.29 is 28.7 Å². The number of alkyl carbamates (subject to hydrolysis) is 2. The number of carbonyl (C=O) groups is 4. The summed E-state index contributed by atoms with van der Waals surface area (Å²) in [6.07, 6.45) is 4.72. The maximum atomic E-state index is 13.6. The van der Waals surface area contributed by atoms with Gasteiger partial charge in [0, 0.05) is 22.5 Å². The molecule has 0 bridgehead atoms. The molecule has 16 heteroatoms. The van der Waals surface area contributed by atoms with E-state index in [9.17, 15) is 19.2 Å². The zero-order valence-electron chi connectivity index (χ0n) is 30.4. The van der Waals surface area contributed by atoms with Gasteiger partial charge in [0.1, 0.15) is 23.7 Å². The Morgan fingerprint density at radius 3 is 2.04 bits per heavy atom. The molecule has 4 N–H and O–H groups in total. The van der Waals surface area contributed by atoms with E-state index < -0.39 is 24.3 Å². The second-order valence-electron chi connectivity index (χ2n) is 13.4. The van der Waals surface area contributed by atoms with E-state index in [1.165, 1.54) is 14.2 Å². The highest BCUT2D eigenvalue weighted by Crippen LogP contribution is 2.42. The number of fused-ring (bicyclic) bond motifs is 1. The smallest absolute Gasteiger partial charge is 0.407 e. The van der Waals surface area contributed by atoms with E-state index in [0.717, 1.165) is 55.6 Å². The van der Waals surface area contributed by atoms with Crippen LogP contribution in [0.3, 0.4) is 0 Å². The van der Waals surface area contributed by atoms with Crippen molar-refractivity contribution in [2.75, 3.05) is 27.3 Å². The third-order valence-corrected chi connectivity index (χ3v) is 11.5. The topological polar surface area (TPSA) is 175 Å². The monoisotopic (exact) mass is 740 g/mol. The minimum absolute atomic E-state index is 0.106. The van der Waals surface area contributed by atoms with Gasteiger partial charge in [-0.25, -0.2) is 19.6 Å². The highest BCUT2D eigenvalue weighted by Gasteiger charge is 2.38. The second kappa shape index (κ2) is 16.3. The van der Waals surface area contributed by atoms with Crippen molar-refractivity contribution in [2.24, 2.45) is 11.8 Å². The molecule has 0 aromatic carbocycles. The number of ether oxygens (including phenoxy) is 2. The van der Waals surface area contributed by atoms with Gasteiger partial charge in [0.2, 0.25) is 11.8 Å². The number of nitrogens with one attached hydrogen (secondary N) is 4. The molecule has 4 amide bonds. The minimum Gasteiger partial charge on any atom is -0.453 e. The number of carbonyl (C=O) groups excluding carboxylic acids is 4. The number of thiophene rings is 2. The van der Waals surface area contributed by atoms with E-state index >= 15 is 0 Å². The SMILES string of the molecule is CCCN(C(=O)[C@@H](NC(=O)OC)C(C)C)[C@@H](C)c1ncc(-c2cc3sc(-c4cnc([C@@H]5CCCN5C(=O)[C@@H](NC(=O)OC)C(C)C)[nH]4)cc3s2)[nH]1. The van der Waals surface area contributed by atoms with Crippen LogP contribution in [0.25, 0.3) is 30.5 Å². The van der Waals surface area contributed by atoms with Gasteiger partial charge in [-0.1, -0.05) is 34.6 Å². The Morgan fingerprint density at radius 2 is 1.47 bits per heavy atom. The van der Waals surface area contributed by atoms with Gasteiger partial charge in [0.05, 0.1) is 59.8 Å². The quantitative estimate of drug-likeness (QED) is 0.121. The second-order valence-corrected chi connectivity index (χ2v) is 15.6. The molecule has 1 fully saturated rings. The fourth-order valence-corrected chi connectivity index (χ4v) is 8.69. The summed E-state index contributed by atoms with van der Waals surface area (Å²) in [5.41, 5.74) is 1.74. The first-order valence-electron chi connectivity index (χ1n) is 17.3. The summed E-state index contributed by atoms with van der Waals surface area (Å²) in [6, 6.07) is 2.30. The lowest BCUT2D eigenvalue weighted by Gasteiger charge is -2.33. The van der Waals surface area contributed by atoms with Gasteiger partial charge in [-0.2, -0.15) is 0 Å². The largest absolute Gasteiger partial charge is 0.453 e. The number of nitrogens with zero attached hydrogens (tertiary/aromatic N) is 4. The van der Waals surface area contributed by atoms with Crippen LogP contribution in [0.2, 0.25) is 0 Å². The lowest BCUT2D eigenvalue weighted by atomic mass is 10.0. The molecule has 4 atom stereocenters. The summed E-state index contributed by atoms with van der Waals surface area (Å²) in [5, 5.41) is 5.38. The minimum atomic E-state index is -0.725. The van der Waals surface area contributed by atoms with Crippen molar-refractivity contribution in [2.45, 2.75) is 85.0 Å². The summed E-state index contributed by atoms with van der Waals surface area (Å²) < 4.78 is 11.7. The number of aromatic nitrogens is 4. The number of aromatic amines is 2. The summed E-state index contributed by atoms with van der Waals surface area (Å²) in [6.45, 7) is 12.6. The van der Waals surface area contributed by atoms with Crippen molar-refractivity contribution in [3.8, 4) is 21.1 Å². The molecule has 0 saturated carbocycles. The Labute approximate surface area is 305 Å². The van der Waals surface area contributed by atoms with Gasteiger partial charge in [-0.15, -0.1) is 22.7 Å². The lowest BCUT2D eigenvalue weighted by molar-refractivity contribution is -0.137. The fraction of sp³-hybridized carbons (Fsp3) is 0.543. The van der Waals surface area contributed by atoms with E-state index in [4.69, 9.17) is 9.47 Å². The van der Waals surface area contributed by atoms with Crippen LogP contribution in [-0.2, 0) is 19.1 Å². The van der Waals surface area contributed by atoms with Crippen molar-refractivity contribution in [3.05, 3.63) is 36.2 Å². The maximum absolute atomic E-state index is 13.6. The van der Waals surface area contributed by atoms with Gasteiger partial charge in [0.15, 0.2) is 0 Å². The first-order valence-corrected chi connectivity index (χ1v) is 18.9. The van der Waals surface area contributed by atoms with Crippen molar-refractivity contribution in [1.29, 1.82) is 0 Å². The van der Waals surface area contributed by atoms with Crippen LogP contribution in [0.5, 0.6) is 0 Å². The number of imidazole rings is 2. The number of hydrogen-bond donors (Lipinski definition) is 4. The third-order valence-electron chi connectivity index (χ3n) is 9.17. The molecule has 276 valence electrons. The molecule has 0 aliphatic carbocycles. The molecule has 1 saturated heterocycles. The molecule has 5 heterocycles. The van der Waals surface area contributed by atoms with Gasteiger partial charge < -0.3 is 39.9 Å². The summed E-state index contributed by atoms with van der Waals surface area (Å²) >= 11 is 3.30. The molecular formula is C35H48N8O6S2. The average molecular weight is 741 g/mol. The van der Waals surface area contributed by atoms with E-state index in [1.54, 1.807) is 38.7 Å². The van der Waals surface area contributed by atoms with Crippen LogP contribution in [0.4, 0.5) is 9.59 Å². The number of likely N-dealkylation sites (tertiary alicyclic amines) is 1. The van der Waals surface area contributed by atoms with Crippen molar-refractivity contribution in [3.63, 3.8) is 0 Å². The van der Waals surface area contributed by atoms with Crippen LogP contribution in [0.1, 0.15) is 84.5 Å². The first-order chi connectivity index (χ1) is 24.4. The molecule has 4 aromatic rings. The Bertz CT molecular complexity index is 1810. The molecule has 1 aliphatic rings. The summed E-state index contributed by atoms with van der Waals surface area (Å²) in [5.74, 6) is 0.825.